The van der Waals surface area contributed by atoms with Crippen molar-refractivity contribution >= 4 is 11.6 Å². The van der Waals surface area contributed by atoms with Crippen LogP contribution in [0.1, 0.15) is 10.5 Å². The molecular weight excluding hydrogens is 325 g/mol. The number of anilines is 1. The van der Waals surface area contributed by atoms with Crippen LogP contribution < -0.4 is 15.5 Å². The van der Waals surface area contributed by atoms with Gasteiger partial charge in [0.05, 0.1) is 18.5 Å². The number of hydrogen-bond acceptors (Lipinski definition) is 4. The molecule has 0 aliphatic heterocycles. The summed E-state index contributed by atoms with van der Waals surface area (Å²) in [4.78, 5) is 24.3. The fourth-order valence-electron chi connectivity index (χ4n) is 2.19. The number of benzene rings is 2. The van der Waals surface area contributed by atoms with Crippen molar-refractivity contribution in [2.24, 2.45) is 0 Å². The summed E-state index contributed by atoms with van der Waals surface area (Å²) in [6.45, 7) is 0. The monoisotopic (exact) mass is 339 g/mol. The van der Waals surface area contributed by atoms with Crippen LogP contribution in [-0.2, 0) is 0 Å². The quantitative estimate of drug-likeness (QED) is 0.793. The van der Waals surface area contributed by atoms with Crippen molar-refractivity contribution < 1.29 is 13.9 Å². The van der Waals surface area contributed by atoms with E-state index in [0.29, 0.717) is 11.4 Å². The van der Waals surface area contributed by atoms with Gasteiger partial charge in [0.2, 0.25) is 5.43 Å². The SMILES string of the molecule is COc1ccc(-n2ccc(=O)c(C(=O)Nc3ccccc3F)n2)cc1. The number of para-hydroxylation sites is 1. The van der Waals surface area contributed by atoms with Gasteiger partial charge >= 0.3 is 0 Å². The molecule has 0 bridgehead atoms. The summed E-state index contributed by atoms with van der Waals surface area (Å²) in [7, 11) is 1.55. The number of rotatable bonds is 4. The van der Waals surface area contributed by atoms with Crippen LogP contribution in [0.25, 0.3) is 5.69 Å². The van der Waals surface area contributed by atoms with Gasteiger partial charge in [-0.15, -0.1) is 0 Å². The van der Waals surface area contributed by atoms with Gasteiger partial charge in [-0.2, -0.15) is 5.10 Å². The number of carbonyl (C=O) groups is 1. The lowest BCUT2D eigenvalue weighted by atomic mass is 10.2. The van der Waals surface area contributed by atoms with Crippen LogP contribution in [0.15, 0.2) is 65.6 Å². The predicted molar refractivity (Wildman–Crippen MR) is 90.7 cm³/mol. The zero-order valence-electron chi connectivity index (χ0n) is 13.3. The Balaban J connectivity index is 1.92. The standard InChI is InChI=1S/C18H14FN3O3/c1-25-13-8-6-12(7-9-13)22-11-10-16(23)17(21-22)18(24)20-15-5-3-2-4-14(15)19/h2-11H,1H3,(H,20,24). The molecule has 0 aliphatic rings. The maximum absolute atomic E-state index is 13.7. The average molecular weight is 339 g/mol. The summed E-state index contributed by atoms with van der Waals surface area (Å²) in [6, 6.07) is 13.8. The Bertz CT molecular complexity index is 968. The first-order valence-electron chi connectivity index (χ1n) is 7.39. The summed E-state index contributed by atoms with van der Waals surface area (Å²) in [5.74, 6) is -0.706. The molecule has 2 aromatic carbocycles. The van der Waals surface area contributed by atoms with E-state index in [-0.39, 0.29) is 11.4 Å². The Kier molecular flexibility index (Phi) is 4.56. The van der Waals surface area contributed by atoms with Gasteiger partial charge in [-0.05, 0) is 36.4 Å². The van der Waals surface area contributed by atoms with E-state index in [1.807, 2.05) is 0 Å². The maximum Gasteiger partial charge on any atom is 0.280 e. The lowest BCUT2D eigenvalue weighted by molar-refractivity contribution is 0.101. The van der Waals surface area contributed by atoms with Gasteiger partial charge in [-0.1, -0.05) is 12.1 Å². The molecule has 1 heterocycles. The van der Waals surface area contributed by atoms with E-state index in [9.17, 15) is 14.0 Å². The largest absolute Gasteiger partial charge is 0.497 e. The Morgan fingerprint density at radius 2 is 1.84 bits per heavy atom. The highest BCUT2D eigenvalue weighted by Crippen LogP contribution is 2.15. The van der Waals surface area contributed by atoms with Gasteiger partial charge < -0.3 is 10.1 Å². The molecule has 126 valence electrons. The first kappa shape index (κ1) is 16.4. The number of aromatic nitrogens is 2. The third kappa shape index (κ3) is 3.55. The lowest BCUT2D eigenvalue weighted by Crippen LogP contribution is -2.25. The van der Waals surface area contributed by atoms with Gasteiger partial charge in [-0.3, -0.25) is 9.59 Å². The number of methoxy groups -OCH3 is 1. The molecule has 25 heavy (non-hydrogen) atoms. The topological polar surface area (TPSA) is 73.2 Å². The van der Waals surface area contributed by atoms with Crippen LogP contribution in [0.5, 0.6) is 5.75 Å². The molecule has 0 atom stereocenters. The highest BCUT2D eigenvalue weighted by atomic mass is 19.1. The van der Waals surface area contributed by atoms with Crippen molar-refractivity contribution in [1.82, 2.24) is 9.78 Å². The molecule has 1 amide bonds. The number of amides is 1. The normalized spacial score (nSPS) is 10.3. The fraction of sp³-hybridized carbons (Fsp3) is 0.0556. The lowest BCUT2D eigenvalue weighted by Gasteiger charge is -2.09. The van der Waals surface area contributed by atoms with Crippen LogP contribution in [0.2, 0.25) is 0 Å². The van der Waals surface area contributed by atoms with E-state index in [1.54, 1.807) is 37.4 Å². The maximum atomic E-state index is 13.7. The summed E-state index contributed by atoms with van der Waals surface area (Å²) in [6.07, 6.45) is 1.45. The highest BCUT2D eigenvalue weighted by Gasteiger charge is 2.15. The van der Waals surface area contributed by atoms with Crippen molar-refractivity contribution in [3.8, 4) is 11.4 Å². The molecule has 3 aromatic rings. The van der Waals surface area contributed by atoms with E-state index in [4.69, 9.17) is 4.74 Å². The second kappa shape index (κ2) is 6.96. The predicted octanol–water partition coefficient (Wildman–Crippen LogP) is 2.63. The molecule has 0 saturated carbocycles. The minimum atomic E-state index is -0.780. The molecular formula is C18H14FN3O3. The first-order valence-corrected chi connectivity index (χ1v) is 7.39. The molecule has 1 aromatic heterocycles. The summed E-state index contributed by atoms with van der Waals surface area (Å²) >= 11 is 0. The Labute approximate surface area is 142 Å². The molecule has 7 heteroatoms. The summed E-state index contributed by atoms with van der Waals surface area (Å²) in [5, 5.41) is 6.41. The number of halogens is 1. The molecule has 0 aliphatic carbocycles. The minimum absolute atomic E-state index is 0.0199. The van der Waals surface area contributed by atoms with Crippen LogP contribution in [0.4, 0.5) is 10.1 Å². The Hall–Kier alpha value is -3.48. The van der Waals surface area contributed by atoms with Gasteiger partial charge in [0.15, 0.2) is 5.69 Å². The van der Waals surface area contributed by atoms with Crippen molar-refractivity contribution in [3.63, 3.8) is 0 Å². The van der Waals surface area contributed by atoms with Crippen molar-refractivity contribution in [3.05, 3.63) is 82.5 Å². The second-order valence-corrected chi connectivity index (χ2v) is 5.11. The first-order chi connectivity index (χ1) is 12.1. The van der Waals surface area contributed by atoms with E-state index >= 15 is 0 Å². The van der Waals surface area contributed by atoms with Crippen LogP contribution in [0.3, 0.4) is 0 Å². The molecule has 0 saturated heterocycles. The van der Waals surface area contributed by atoms with E-state index in [0.717, 1.165) is 0 Å². The average Bonchev–Trinajstić information content (AvgIpc) is 2.64. The molecule has 3 rings (SSSR count). The number of nitrogens with one attached hydrogen (secondary N) is 1. The van der Waals surface area contributed by atoms with Gasteiger partial charge in [-0.25, -0.2) is 9.07 Å². The highest BCUT2D eigenvalue weighted by molar-refractivity contribution is 6.02. The van der Waals surface area contributed by atoms with E-state index in [1.165, 1.54) is 35.1 Å². The summed E-state index contributed by atoms with van der Waals surface area (Å²) in [5.41, 5.74) is -0.269. The zero-order chi connectivity index (χ0) is 17.8. The van der Waals surface area contributed by atoms with E-state index in [2.05, 4.69) is 10.4 Å². The molecule has 0 spiro atoms. The Morgan fingerprint density at radius 3 is 2.52 bits per heavy atom. The number of ether oxygens (including phenoxy) is 1. The van der Waals surface area contributed by atoms with Crippen molar-refractivity contribution in [1.29, 1.82) is 0 Å². The minimum Gasteiger partial charge on any atom is -0.497 e. The zero-order valence-corrected chi connectivity index (χ0v) is 13.3. The number of nitrogens with zero attached hydrogens (tertiary/aromatic N) is 2. The van der Waals surface area contributed by atoms with Gasteiger partial charge in [0.1, 0.15) is 11.6 Å². The van der Waals surface area contributed by atoms with Crippen molar-refractivity contribution in [2.75, 3.05) is 12.4 Å². The van der Waals surface area contributed by atoms with Crippen LogP contribution in [0, 0.1) is 5.82 Å². The van der Waals surface area contributed by atoms with Crippen LogP contribution in [-0.4, -0.2) is 22.8 Å². The molecule has 1 N–H and O–H groups in total. The smallest absolute Gasteiger partial charge is 0.280 e. The second-order valence-electron chi connectivity index (χ2n) is 5.11. The number of carbonyl (C=O) groups excluding carboxylic acids is 1. The number of hydrogen-bond donors (Lipinski definition) is 1. The fourth-order valence-corrected chi connectivity index (χ4v) is 2.19. The molecule has 0 fully saturated rings. The molecule has 0 unspecified atom stereocenters. The Morgan fingerprint density at radius 1 is 1.12 bits per heavy atom. The third-order valence-electron chi connectivity index (χ3n) is 3.48. The molecule has 0 radical (unpaired) electrons. The third-order valence-corrected chi connectivity index (χ3v) is 3.48. The van der Waals surface area contributed by atoms with Gasteiger partial charge in [0, 0.05) is 12.3 Å². The molecule has 6 nitrogen and oxygen atoms in total. The summed E-state index contributed by atoms with van der Waals surface area (Å²) < 4.78 is 20.1. The van der Waals surface area contributed by atoms with Crippen molar-refractivity contribution in [2.45, 2.75) is 0 Å². The van der Waals surface area contributed by atoms with E-state index < -0.39 is 17.2 Å². The van der Waals surface area contributed by atoms with Crippen LogP contribution >= 0.6 is 0 Å². The van der Waals surface area contributed by atoms with Gasteiger partial charge in [0.25, 0.3) is 5.91 Å².